The summed E-state index contributed by atoms with van der Waals surface area (Å²) in [5.41, 5.74) is 6.87. The Bertz CT molecular complexity index is 644. The molecule has 90 valence electrons. The maximum absolute atomic E-state index is 6.37. The second-order valence-electron chi connectivity index (χ2n) is 4.71. The van der Waals surface area contributed by atoms with Crippen LogP contribution < -0.4 is 5.32 Å². The van der Waals surface area contributed by atoms with E-state index in [1.165, 1.54) is 11.1 Å². The average molecular weight is 256 g/mol. The van der Waals surface area contributed by atoms with Gasteiger partial charge in [0.2, 0.25) is 0 Å². The Labute approximate surface area is 112 Å². The molecule has 0 bridgehead atoms. The lowest BCUT2D eigenvalue weighted by Gasteiger charge is -2.08. The van der Waals surface area contributed by atoms with E-state index in [0.29, 0.717) is 0 Å². The fraction of sp³-hybridized carbons (Fsp3) is 0.125. The lowest BCUT2D eigenvalue weighted by Crippen LogP contribution is -1.87. The molecule has 0 aromatic heterocycles. The minimum atomic E-state index is 0.835. The van der Waals surface area contributed by atoms with E-state index in [2.05, 4.69) is 36.2 Å². The van der Waals surface area contributed by atoms with Crippen molar-refractivity contribution in [3.8, 4) is 11.1 Å². The molecule has 18 heavy (non-hydrogen) atoms. The normalized spacial score (nSPS) is 13.3. The van der Waals surface area contributed by atoms with Crippen LogP contribution in [-0.2, 0) is 6.42 Å². The van der Waals surface area contributed by atoms with Gasteiger partial charge in [0.15, 0.2) is 0 Å². The van der Waals surface area contributed by atoms with Crippen LogP contribution in [0.25, 0.3) is 11.1 Å². The lowest BCUT2D eigenvalue weighted by atomic mass is 10.00. The van der Waals surface area contributed by atoms with Gasteiger partial charge in [-0.1, -0.05) is 42.4 Å². The van der Waals surface area contributed by atoms with Gasteiger partial charge in [-0.05, 0) is 35.7 Å². The number of halogens is 1. The SMILES string of the molecule is C=C1Cc2cc(-c3cccc(C)c3Cl)ccc2N1. The topological polar surface area (TPSA) is 12.0 Å². The highest BCUT2D eigenvalue weighted by molar-refractivity contribution is 6.34. The molecule has 1 N–H and O–H groups in total. The second kappa shape index (κ2) is 4.18. The zero-order valence-corrected chi connectivity index (χ0v) is 11.0. The van der Waals surface area contributed by atoms with Crippen LogP contribution in [0.5, 0.6) is 0 Å². The fourth-order valence-corrected chi connectivity index (χ4v) is 2.60. The molecule has 0 aliphatic carbocycles. The summed E-state index contributed by atoms with van der Waals surface area (Å²) in [5, 5.41) is 4.11. The van der Waals surface area contributed by atoms with Crippen molar-refractivity contribution in [1.29, 1.82) is 0 Å². The van der Waals surface area contributed by atoms with Gasteiger partial charge in [-0.3, -0.25) is 0 Å². The van der Waals surface area contributed by atoms with Crippen LogP contribution in [-0.4, -0.2) is 0 Å². The second-order valence-corrected chi connectivity index (χ2v) is 5.09. The Morgan fingerprint density at radius 3 is 2.89 bits per heavy atom. The summed E-state index contributed by atoms with van der Waals surface area (Å²) in [7, 11) is 0. The standard InChI is InChI=1S/C16H14ClN/c1-10-4-3-5-14(16(10)17)12-6-7-15-13(9-12)8-11(2)18-15/h3-7,9,18H,2,8H2,1H3. The summed E-state index contributed by atoms with van der Waals surface area (Å²) in [6, 6.07) is 12.5. The van der Waals surface area contributed by atoms with E-state index in [1.807, 2.05) is 19.1 Å². The van der Waals surface area contributed by atoms with Crippen LogP contribution in [0, 0.1) is 6.92 Å². The number of rotatable bonds is 1. The van der Waals surface area contributed by atoms with Gasteiger partial charge in [0.05, 0.1) is 5.02 Å². The minimum Gasteiger partial charge on any atom is -0.359 e. The fourth-order valence-electron chi connectivity index (χ4n) is 2.36. The zero-order chi connectivity index (χ0) is 12.7. The molecule has 0 amide bonds. The van der Waals surface area contributed by atoms with E-state index in [-0.39, 0.29) is 0 Å². The first-order chi connectivity index (χ1) is 8.65. The van der Waals surface area contributed by atoms with Crippen molar-refractivity contribution < 1.29 is 0 Å². The number of nitrogens with one attached hydrogen (secondary N) is 1. The Hall–Kier alpha value is -1.73. The third-order valence-electron chi connectivity index (χ3n) is 3.32. The van der Waals surface area contributed by atoms with Crippen molar-refractivity contribution in [2.24, 2.45) is 0 Å². The highest BCUT2D eigenvalue weighted by Crippen LogP contribution is 2.35. The molecule has 2 aromatic carbocycles. The highest BCUT2D eigenvalue weighted by Gasteiger charge is 2.14. The van der Waals surface area contributed by atoms with Crippen molar-refractivity contribution in [1.82, 2.24) is 0 Å². The van der Waals surface area contributed by atoms with E-state index >= 15 is 0 Å². The molecule has 2 heteroatoms. The molecule has 1 aliphatic rings. The molecule has 1 nitrogen and oxygen atoms in total. The van der Waals surface area contributed by atoms with Gasteiger partial charge in [-0.2, -0.15) is 0 Å². The zero-order valence-electron chi connectivity index (χ0n) is 10.3. The van der Waals surface area contributed by atoms with Gasteiger partial charge in [-0.25, -0.2) is 0 Å². The van der Waals surface area contributed by atoms with E-state index in [4.69, 9.17) is 11.6 Å². The summed E-state index contributed by atoms with van der Waals surface area (Å²) in [4.78, 5) is 0. The van der Waals surface area contributed by atoms with Crippen molar-refractivity contribution in [3.63, 3.8) is 0 Å². The quantitative estimate of drug-likeness (QED) is 0.772. The molecule has 3 rings (SSSR count). The Balaban J connectivity index is 2.11. The van der Waals surface area contributed by atoms with E-state index < -0.39 is 0 Å². The van der Waals surface area contributed by atoms with Crippen LogP contribution in [0.2, 0.25) is 5.02 Å². The first kappa shape index (κ1) is 11.4. The number of fused-ring (bicyclic) bond motifs is 1. The summed E-state index contributed by atoms with van der Waals surface area (Å²) in [5.74, 6) is 0. The number of benzene rings is 2. The largest absolute Gasteiger partial charge is 0.359 e. The molecule has 0 saturated heterocycles. The number of hydrogen-bond donors (Lipinski definition) is 1. The van der Waals surface area contributed by atoms with Crippen molar-refractivity contribution in [3.05, 3.63) is 64.8 Å². The summed E-state index contributed by atoms with van der Waals surface area (Å²) < 4.78 is 0. The molecule has 0 unspecified atom stereocenters. The molecule has 1 heterocycles. The summed E-state index contributed by atoms with van der Waals surface area (Å²) >= 11 is 6.37. The van der Waals surface area contributed by atoms with Crippen LogP contribution in [0.4, 0.5) is 5.69 Å². The number of anilines is 1. The van der Waals surface area contributed by atoms with Gasteiger partial charge < -0.3 is 5.32 Å². The molecular formula is C16H14ClN. The van der Waals surface area contributed by atoms with Crippen LogP contribution in [0.15, 0.2) is 48.7 Å². The van der Waals surface area contributed by atoms with E-state index in [1.54, 1.807) is 0 Å². The van der Waals surface area contributed by atoms with Crippen LogP contribution in [0.3, 0.4) is 0 Å². The minimum absolute atomic E-state index is 0.835. The number of aryl methyl sites for hydroxylation is 1. The van der Waals surface area contributed by atoms with Gasteiger partial charge in [-0.15, -0.1) is 0 Å². The monoisotopic (exact) mass is 255 g/mol. The summed E-state index contributed by atoms with van der Waals surface area (Å²) in [6.45, 7) is 6.00. The van der Waals surface area contributed by atoms with Gasteiger partial charge in [0.1, 0.15) is 0 Å². The van der Waals surface area contributed by atoms with Gasteiger partial charge in [0, 0.05) is 23.4 Å². The van der Waals surface area contributed by atoms with Crippen LogP contribution >= 0.6 is 11.6 Å². The first-order valence-corrected chi connectivity index (χ1v) is 6.36. The Kier molecular flexibility index (Phi) is 2.64. The van der Waals surface area contributed by atoms with E-state index in [9.17, 15) is 0 Å². The summed E-state index contributed by atoms with van der Waals surface area (Å²) in [6.07, 6.45) is 0.895. The Morgan fingerprint density at radius 2 is 2.06 bits per heavy atom. The van der Waals surface area contributed by atoms with E-state index in [0.717, 1.165) is 34.0 Å². The van der Waals surface area contributed by atoms with Crippen molar-refractivity contribution in [2.75, 3.05) is 5.32 Å². The Morgan fingerprint density at radius 1 is 1.22 bits per heavy atom. The van der Waals surface area contributed by atoms with Gasteiger partial charge in [0.25, 0.3) is 0 Å². The molecule has 2 aromatic rings. The van der Waals surface area contributed by atoms with Gasteiger partial charge >= 0.3 is 0 Å². The molecule has 1 aliphatic heterocycles. The predicted octanol–water partition coefficient (Wildman–Crippen LogP) is 4.80. The third-order valence-corrected chi connectivity index (χ3v) is 3.83. The average Bonchev–Trinajstić information content (AvgIpc) is 2.71. The molecule has 0 radical (unpaired) electrons. The highest BCUT2D eigenvalue weighted by atomic mass is 35.5. The molecule has 0 fully saturated rings. The maximum Gasteiger partial charge on any atom is 0.0513 e. The molecule has 0 atom stereocenters. The molecular weight excluding hydrogens is 242 g/mol. The number of hydrogen-bond acceptors (Lipinski definition) is 1. The molecule has 0 saturated carbocycles. The lowest BCUT2D eigenvalue weighted by molar-refractivity contribution is 1.26. The van der Waals surface area contributed by atoms with Crippen molar-refractivity contribution >= 4 is 17.3 Å². The smallest absolute Gasteiger partial charge is 0.0513 e. The molecule has 0 spiro atoms. The van der Waals surface area contributed by atoms with Crippen molar-refractivity contribution in [2.45, 2.75) is 13.3 Å². The predicted molar refractivity (Wildman–Crippen MR) is 78.1 cm³/mol. The third kappa shape index (κ3) is 1.81. The first-order valence-electron chi connectivity index (χ1n) is 5.98. The maximum atomic E-state index is 6.37. The van der Waals surface area contributed by atoms with Crippen LogP contribution in [0.1, 0.15) is 11.1 Å². The number of allylic oxidation sites excluding steroid dienone is 1.